The molecule has 1 amide bonds. The number of sulfone groups is 1. The average molecular weight is 340 g/mol. The van der Waals surface area contributed by atoms with Crippen molar-refractivity contribution in [2.75, 3.05) is 19.6 Å². The first-order valence-electron chi connectivity index (χ1n) is 6.10. The fourth-order valence-electron chi connectivity index (χ4n) is 2.01. The molecule has 3 N–H and O–H groups in total. The largest absolute Gasteiger partial charge is 0.391 e. The number of carbonyl (C=O) groups excluding carboxylic acids is 1. The van der Waals surface area contributed by atoms with Gasteiger partial charge in [-0.05, 0) is 11.4 Å². The molecule has 1 aromatic rings. The van der Waals surface area contributed by atoms with Crippen LogP contribution < -0.4 is 10.6 Å². The summed E-state index contributed by atoms with van der Waals surface area (Å²) in [6.45, 7) is 1.08. The van der Waals surface area contributed by atoms with E-state index in [1.54, 1.807) is 0 Å². The van der Waals surface area contributed by atoms with Crippen LogP contribution in [0.2, 0.25) is 0 Å². The summed E-state index contributed by atoms with van der Waals surface area (Å²) in [5.74, 6) is -4.49. The smallest absolute Gasteiger partial charge is 0.341 e. The zero-order chi connectivity index (χ0) is 15.6. The number of thiophene rings is 1. The SMILES string of the molecule is O=C(NCC1CNCC1O)c1sccc1S(=O)(=O)C(F)F. The highest BCUT2D eigenvalue weighted by molar-refractivity contribution is 7.92. The molecule has 0 spiro atoms. The van der Waals surface area contributed by atoms with Gasteiger partial charge in [-0.25, -0.2) is 8.42 Å². The molecule has 2 heterocycles. The molecular formula is C11H14F2N2O4S2. The molecule has 6 nitrogen and oxygen atoms in total. The van der Waals surface area contributed by atoms with Crippen molar-refractivity contribution >= 4 is 27.1 Å². The molecule has 10 heteroatoms. The maximum atomic E-state index is 12.5. The highest BCUT2D eigenvalue weighted by Gasteiger charge is 2.32. The Hall–Kier alpha value is -1.10. The lowest BCUT2D eigenvalue weighted by molar-refractivity contribution is 0.0928. The third-order valence-electron chi connectivity index (χ3n) is 3.21. The number of aliphatic hydroxyl groups excluding tert-OH is 1. The van der Waals surface area contributed by atoms with E-state index in [1.165, 1.54) is 5.38 Å². The summed E-state index contributed by atoms with van der Waals surface area (Å²) in [5, 5.41) is 16.3. The van der Waals surface area contributed by atoms with Crippen LogP contribution in [0.25, 0.3) is 0 Å². The van der Waals surface area contributed by atoms with Crippen LogP contribution in [-0.4, -0.2) is 50.9 Å². The van der Waals surface area contributed by atoms with Crippen molar-refractivity contribution < 1.29 is 27.1 Å². The third kappa shape index (κ3) is 3.39. The summed E-state index contributed by atoms with van der Waals surface area (Å²) in [5.41, 5.74) is 0. The fourth-order valence-corrected chi connectivity index (χ4v) is 4.10. The topological polar surface area (TPSA) is 95.5 Å². The van der Waals surface area contributed by atoms with Gasteiger partial charge in [0.15, 0.2) is 0 Å². The standard InChI is InChI=1S/C11H14F2N2O4S2/c12-11(13)21(18,19)8-1-2-20-9(8)10(17)15-4-6-3-14-5-7(6)16/h1-2,6-7,11,14,16H,3-5H2,(H,15,17). The summed E-state index contributed by atoms with van der Waals surface area (Å²) in [4.78, 5) is 11.0. The van der Waals surface area contributed by atoms with Crippen molar-refractivity contribution in [3.8, 4) is 0 Å². The zero-order valence-electron chi connectivity index (χ0n) is 10.8. The Labute approximate surface area is 124 Å². The minimum absolute atomic E-state index is 0.138. The van der Waals surface area contributed by atoms with E-state index < -0.39 is 32.5 Å². The van der Waals surface area contributed by atoms with Gasteiger partial charge in [0.05, 0.1) is 11.0 Å². The van der Waals surface area contributed by atoms with E-state index in [2.05, 4.69) is 10.6 Å². The first-order valence-corrected chi connectivity index (χ1v) is 8.53. The second-order valence-electron chi connectivity index (χ2n) is 4.62. The van der Waals surface area contributed by atoms with E-state index in [9.17, 15) is 27.1 Å². The molecule has 1 saturated heterocycles. The molecule has 2 unspecified atom stereocenters. The molecule has 0 aromatic carbocycles. The van der Waals surface area contributed by atoms with Crippen LogP contribution in [0.4, 0.5) is 8.78 Å². The lowest BCUT2D eigenvalue weighted by Crippen LogP contribution is -2.34. The molecule has 2 rings (SSSR count). The number of carbonyl (C=O) groups is 1. The molecule has 118 valence electrons. The van der Waals surface area contributed by atoms with Gasteiger partial charge < -0.3 is 15.7 Å². The molecule has 0 aliphatic carbocycles. The third-order valence-corrected chi connectivity index (χ3v) is 5.67. The highest BCUT2D eigenvalue weighted by atomic mass is 32.2. The second kappa shape index (κ2) is 6.34. The first-order chi connectivity index (χ1) is 9.84. The van der Waals surface area contributed by atoms with E-state index >= 15 is 0 Å². The normalized spacial score (nSPS) is 22.7. The number of nitrogens with one attached hydrogen (secondary N) is 2. The second-order valence-corrected chi connectivity index (χ2v) is 7.42. The van der Waals surface area contributed by atoms with Crippen molar-refractivity contribution in [1.29, 1.82) is 0 Å². The lowest BCUT2D eigenvalue weighted by atomic mass is 10.1. The van der Waals surface area contributed by atoms with Crippen molar-refractivity contribution in [3.05, 3.63) is 16.3 Å². The number of β-amino-alcohol motifs (C(OH)–C–C–N with tert-alkyl or cyclic N) is 1. The fraction of sp³-hybridized carbons (Fsp3) is 0.545. The van der Waals surface area contributed by atoms with Crippen LogP contribution in [0.5, 0.6) is 0 Å². The van der Waals surface area contributed by atoms with E-state index in [0.717, 1.165) is 17.4 Å². The molecule has 0 bridgehead atoms. The highest BCUT2D eigenvalue weighted by Crippen LogP contribution is 2.26. The van der Waals surface area contributed by atoms with Gasteiger partial charge in [0, 0.05) is 25.6 Å². The molecule has 1 aliphatic rings. The number of amides is 1. The maximum Gasteiger partial charge on any atom is 0.341 e. The maximum absolute atomic E-state index is 12.5. The quantitative estimate of drug-likeness (QED) is 0.704. The molecule has 0 radical (unpaired) electrons. The molecule has 2 atom stereocenters. The molecule has 21 heavy (non-hydrogen) atoms. The first kappa shape index (κ1) is 16.3. The molecule has 1 aromatic heterocycles. The van der Waals surface area contributed by atoms with Crippen molar-refractivity contribution in [1.82, 2.24) is 10.6 Å². The number of halogens is 2. The Morgan fingerprint density at radius 2 is 2.24 bits per heavy atom. The van der Waals surface area contributed by atoms with Gasteiger partial charge in [-0.2, -0.15) is 8.78 Å². The molecule has 1 fully saturated rings. The Morgan fingerprint density at radius 1 is 1.52 bits per heavy atom. The Balaban J connectivity index is 2.09. The lowest BCUT2D eigenvalue weighted by Gasteiger charge is -2.14. The monoisotopic (exact) mass is 340 g/mol. The van der Waals surface area contributed by atoms with Gasteiger partial charge in [-0.3, -0.25) is 4.79 Å². The predicted octanol–water partition coefficient (Wildman–Crippen LogP) is 0.0545. The zero-order valence-corrected chi connectivity index (χ0v) is 12.4. The van der Waals surface area contributed by atoms with Gasteiger partial charge in [0.25, 0.3) is 5.91 Å². The summed E-state index contributed by atoms with van der Waals surface area (Å²) in [6, 6.07) is 0.993. The molecule has 0 saturated carbocycles. The number of aliphatic hydroxyl groups is 1. The van der Waals surface area contributed by atoms with Gasteiger partial charge in [0.2, 0.25) is 9.84 Å². The summed E-state index contributed by atoms with van der Waals surface area (Å²) >= 11 is 0.783. The van der Waals surface area contributed by atoms with E-state index in [-0.39, 0.29) is 17.3 Å². The van der Waals surface area contributed by atoms with E-state index in [0.29, 0.717) is 13.1 Å². The molecule has 1 aliphatic heterocycles. The predicted molar refractivity (Wildman–Crippen MR) is 72.2 cm³/mol. The number of rotatable bonds is 5. The Kier molecular flexibility index (Phi) is 4.91. The van der Waals surface area contributed by atoms with Crippen LogP contribution in [0.15, 0.2) is 16.3 Å². The minimum Gasteiger partial charge on any atom is -0.391 e. The number of hydrogen-bond donors (Lipinski definition) is 3. The summed E-state index contributed by atoms with van der Waals surface area (Å²) in [6.07, 6.45) is -0.599. The van der Waals surface area contributed by atoms with Crippen molar-refractivity contribution in [3.63, 3.8) is 0 Å². The van der Waals surface area contributed by atoms with Gasteiger partial charge >= 0.3 is 5.76 Å². The van der Waals surface area contributed by atoms with Crippen LogP contribution in [0, 0.1) is 5.92 Å². The van der Waals surface area contributed by atoms with Gasteiger partial charge in [-0.15, -0.1) is 11.3 Å². The van der Waals surface area contributed by atoms with E-state index in [4.69, 9.17) is 0 Å². The summed E-state index contributed by atoms with van der Waals surface area (Å²) < 4.78 is 48.0. The van der Waals surface area contributed by atoms with Crippen LogP contribution in [0.1, 0.15) is 9.67 Å². The van der Waals surface area contributed by atoms with Crippen LogP contribution in [0.3, 0.4) is 0 Å². The number of alkyl halides is 2. The van der Waals surface area contributed by atoms with Crippen molar-refractivity contribution in [2.24, 2.45) is 5.92 Å². The summed E-state index contributed by atoms with van der Waals surface area (Å²) in [7, 11) is -4.80. The molecular weight excluding hydrogens is 326 g/mol. The van der Waals surface area contributed by atoms with Gasteiger partial charge in [-0.1, -0.05) is 0 Å². The number of hydrogen-bond acceptors (Lipinski definition) is 6. The van der Waals surface area contributed by atoms with Gasteiger partial charge in [0.1, 0.15) is 4.88 Å². The minimum atomic E-state index is -4.80. The Morgan fingerprint density at radius 3 is 2.81 bits per heavy atom. The Bertz CT molecular complexity index is 617. The average Bonchev–Trinajstić information content (AvgIpc) is 3.04. The van der Waals surface area contributed by atoms with Crippen molar-refractivity contribution in [2.45, 2.75) is 16.8 Å². The van der Waals surface area contributed by atoms with Crippen LogP contribution in [-0.2, 0) is 9.84 Å². The van der Waals surface area contributed by atoms with Crippen LogP contribution >= 0.6 is 11.3 Å². The van der Waals surface area contributed by atoms with E-state index in [1.807, 2.05) is 0 Å².